The van der Waals surface area contributed by atoms with E-state index in [1.54, 1.807) is 6.07 Å². The van der Waals surface area contributed by atoms with Gasteiger partial charge in [0.2, 0.25) is 0 Å². The molecule has 1 N–H and O–H groups in total. The number of hydrogen-bond donors (Lipinski definition) is 1. The molecule has 146 valence electrons. The molecule has 27 heavy (non-hydrogen) atoms. The number of rotatable bonds is 3. The topological polar surface area (TPSA) is 49.8 Å². The van der Waals surface area contributed by atoms with Crippen LogP contribution in [0.25, 0.3) is 0 Å². The Morgan fingerprint density at radius 3 is 2.78 bits per heavy atom. The van der Waals surface area contributed by atoms with Crippen LogP contribution in [0.4, 0.5) is 0 Å². The fourth-order valence-electron chi connectivity index (χ4n) is 6.58. The summed E-state index contributed by atoms with van der Waals surface area (Å²) in [5, 5.41) is 10.2. The Kier molecular flexibility index (Phi) is 4.10. The number of phenolic OH excluding ortho intramolecular Hbond substituents is 1. The Hall–Kier alpha value is -1.65. The summed E-state index contributed by atoms with van der Waals surface area (Å²) < 4.78 is 6.46. The van der Waals surface area contributed by atoms with Crippen LogP contribution < -0.4 is 0 Å². The zero-order chi connectivity index (χ0) is 19.6. The van der Waals surface area contributed by atoms with Gasteiger partial charge in [-0.25, -0.2) is 0 Å². The van der Waals surface area contributed by atoms with E-state index in [-0.39, 0.29) is 28.7 Å². The summed E-state index contributed by atoms with van der Waals surface area (Å²) in [5.41, 5.74) is 1.38. The van der Waals surface area contributed by atoms with E-state index in [1.807, 2.05) is 25.3 Å². The predicted molar refractivity (Wildman–Crippen MR) is 106 cm³/mol. The van der Waals surface area contributed by atoms with Crippen molar-refractivity contribution in [2.75, 3.05) is 13.7 Å². The molecule has 4 rings (SSSR count). The summed E-state index contributed by atoms with van der Waals surface area (Å²) in [6.45, 7) is 11.6. The summed E-state index contributed by atoms with van der Waals surface area (Å²) >= 11 is 0. The molecule has 3 aliphatic rings. The van der Waals surface area contributed by atoms with Crippen molar-refractivity contribution in [1.82, 2.24) is 4.90 Å². The van der Waals surface area contributed by atoms with Gasteiger partial charge in [0, 0.05) is 43.5 Å². The SMILES string of the molecule is C=CC(C)(C)N1CC[C@]23CC(=O)C[C@@H](C)C2(OC)[C@H]1Cc1ccc(O)cc13. The van der Waals surface area contributed by atoms with E-state index in [2.05, 4.69) is 32.3 Å². The summed E-state index contributed by atoms with van der Waals surface area (Å²) in [5.74, 6) is 0.695. The number of Topliss-reactive ketones (excluding diaryl/α,β-unsaturated/α-hetero) is 1. The van der Waals surface area contributed by atoms with E-state index in [0.29, 0.717) is 18.6 Å². The van der Waals surface area contributed by atoms with Gasteiger partial charge < -0.3 is 9.84 Å². The largest absolute Gasteiger partial charge is 0.508 e. The number of piperidine rings is 1. The molecule has 1 aromatic rings. The number of carbonyl (C=O) groups excluding carboxylic acids is 1. The van der Waals surface area contributed by atoms with Gasteiger partial charge in [-0.05, 0) is 55.9 Å². The number of aromatic hydroxyl groups is 1. The highest BCUT2D eigenvalue weighted by molar-refractivity contribution is 5.83. The van der Waals surface area contributed by atoms with E-state index >= 15 is 0 Å². The molecular weight excluding hydrogens is 338 g/mol. The number of ketones is 1. The maximum absolute atomic E-state index is 12.8. The molecule has 2 bridgehead atoms. The molecule has 1 saturated heterocycles. The summed E-state index contributed by atoms with van der Waals surface area (Å²) in [4.78, 5) is 15.3. The zero-order valence-corrected chi connectivity index (χ0v) is 16.9. The highest BCUT2D eigenvalue weighted by Crippen LogP contribution is 2.61. The quantitative estimate of drug-likeness (QED) is 0.827. The van der Waals surface area contributed by atoms with Crippen LogP contribution >= 0.6 is 0 Å². The van der Waals surface area contributed by atoms with Crippen molar-refractivity contribution in [2.45, 2.75) is 69.1 Å². The van der Waals surface area contributed by atoms with Crippen molar-refractivity contribution in [3.05, 3.63) is 42.0 Å². The molecule has 1 saturated carbocycles. The minimum absolute atomic E-state index is 0.118. The van der Waals surface area contributed by atoms with Gasteiger partial charge in [-0.3, -0.25) is 9.69 Å². The lowest BCUT2D eigenvalue weighted by molar-refractivity contribution is -0.218. The van der Waals surface area contributed by atoms with Crippen molar-refractivity contribution in [1.29, 1.82) is 0 Å². The van der Waals surface area contributed by atoms with Gasteiger partial charge in [-0.2, -0.15) is 0 Å². The lowest BCUT2D eigenvalue weighted by atomic mass is 9.46. The highest BCUT2D eigenvalue weighted by Gasteiger charge is 2.69. The molecule has 0 aromatic heterocycles. The van der Waals surface area contributed by atoms with Crippen LogP contribution in [-0.2, 0) is 21.4 Å². The average molecular weight is 370 g/mol. The number of hydrogen-bond acceptors (Lipinski definition) is 4. The molecule has 0 amide bonds. The van der Waals surface area contributed by atoms with Crippen LogP contribution in [0.1, 0.15) is 51.2 Å². The first-order chi connectivity index (χ1) is 12.7. The van der Waals surface area contributed by atoms with E-state index in [9.17, 15) is 9.90 Å². The fraction of sp³-hybridized carbons (Fsp3) is 0.609. The molecular formula is C23H31NO3. The van der Waals surface area contributed by atoms with Crippen LogP contribution in [-0.4, -0.2) is 46.6 Å². The van der Waals surface area contributed by atoms with Crippen molar-refractivity contribution in [2.24, 2.45) is 5.92 Å². The number of ether oxygens (including phenoxy) is 1. The molecule has 2 aliphatic carbocycles. The maximum atomic E-state index is 12.8. The van der Waals surface area contributed by atoms with Gasteiger partial charge >= 0.3 is 0 Å². The Bertz CT molecular complexity index is 801. The number of carbonyl (C=O) groups is 1. The molecule has 1 heterocycles. The first kappa shape index (κ1) is 18.7. The van der Waals surface area contributed by atoms with E-state index in [1.165, 1.54) is 5.56 Å². The monoisotopic (exact) mass is 369 g/mol. The van der Waals surface area contributed by atoms with Gasteiger partial charge in [0.05, 0.1) is 5.60 Å². The lowest BCUT2D eigenvalue weighted by Crippen LogP contribution is -2.78. The summed E-state index contributed by atoms with van der Waals surface area (Å²) in [6.07, 6.45) is 4.79. The third-order valence-electron chi connectivity index (χ3n) is 7.76. The molecule has 1 aliphatic heterocycles. The van der Waals surface area contributed by atoms with Crippen molar-refractivity contribution in [3.63, 3.8) is 0 Å². The van der Waals surface area contributed by atoms with Crippen LogP contribution in [0.15, 0.2) is 30.9 Å². The molecule has 1 unspecified atom stereocenters. The third-order valence-corrected chi connectivity index (χ3v) is 7.76. The second-order valence-corrected chi connectivity index (χ2v) is 9.26. The van der Waals surface area contributed by atoms with Crippen LogP contribution in [0.3, 0.4) is 0 Å². The predicted octanol–water partition coefficient (Wildman–Crippen LogP) is 3.61. The smallest absolute Gasteiger partial charge is 0.134 e. The summed E-state index contributed by atoms with van der Waals surface area (Å²) in [6, 6.07) is 5.86. The number of nitrogens with zero attached hydrogens (tertiary/aromatic N) is 1. The van der Waals surface area contributed by atoms with Gasteiger partial charge in [0.25, 0.3) is 0 Å². The highest BCUT2D eigenvalue weighted by atomic mass is 16.5. The lowest BCUT2D eigenvalue weighted by Gasteiger charge is -2.68. The second kappa shape index (κ2) is 5.92. The van der Waals surface area contributed by atoms with Crippen LogP contribution in [0.2, 0.25) is 0 Å². The number of phenols is 1. The minimum Gasteiger partial charge on any atom is -0.508 e. The van der Waals surface area contributed by atoms with Crippen LogP contribution in [0, 0.1) is 5.92 Å². The van der Waals surface area contributed by atoms with Crippen molar-refractivity contribution >= 4 is 5.78 Å². The molecule has 4 atom stereocenters. The summed E-state index contributed by atoms with van der Waals surface area (Å²) in [7, 11) is 1.81. The number of fused-ring (bicyclic) bond motifs is 1. The van der Waals surface area contributed by atoms with Crippen molar-refractivity contribution in [3.8, 4) is 5.75 Å². The number of likely N-dealkylation sites (tertiary alicyclic amines) is 1. The molecule has 0 spiro atoms. The molecule has 2 fully saturated rings. The molecule has 4 nitrogen and oxygen atoms in total. The number of benzene rings is 1. The first-order valence-corrected chi connectivity index (χ1v) is 10.0. The van der Waals surface area contributed by atoms with E-state index in [4.69, 9.17) is 4.74 Å². The van der Waals surface area contributed by atoms with Gasteiger partial charge in [-0.15, -0.1) is 6.58 Å². The average Bonchev–Trinajstić information content (AvgIpc) is 2.61. The zero-order valence-electron chi connectivity index (χ0n) is 16.9. The van der Waals surface area contributed by atoms with Gasteiger partial charge in [0.15, 0.2) is 0 Å². The molecule has 4 heteroatoms. The number of methoxy groups -OCH3 is 1. The first-order valence-electron chi connectivity index (χ1n) is 10.0. The Labute approximate surface area is 162 Å². The Balaban J connectivity index is 2.00. The van der Waals surface area contributed by atoms with E-state index in [0.717, 1.165) is 24.9 Å². The Morgan fingerprint density at radius 1 is 1.37 bits per heavy atom. The minimum atomic E-state index is -0.444. The van der Waals surface area contributed by atoms with Gasteiger partial charge in [-0.1, -0.05) is 19.1 Å². The molecule has 1 aromatic carbocycles. The van der Waals surface area contributed by atoms with E-state index < -0.39 is 5.60 Å². The molecule has 0 radical (unpaired) electrons. The third kappa shape index (κ3) is 2.26. The Morgan fingerprint density at radius 2 is 2.11 bits per heavy atom. The maximum Gasteiger partial charge on any atom is 0.134 e. The normalized spacial score (nSPS) is 36.1. The van der Waals surface area contributed by atoms with Crippen molar-refractivity contribution < 1.29 is 14.6 Å². The fourth-order valence-corrected chi connectivity index (χ4v) is 6.58. The standard InChI is InChI=1S/C23H31NO3/c1-6-21(3,4)24-10-9-22-14-18(26)11-15(2)23(22,27-5)20(24)12-16-7-8-17(25)13-19(16)22/h6-8,13,15,20,25H,1,9-12,14H2,2-5H3/t15-,20-,22-,23?/m1/s1. The van der Waals surface area contributed by atoms with Crippen LogP contribution in [0.5, 0.6) is 5.75 Å². The second-order valence-electron chi connectivity index (χ2n) is 9.26. The van der Waals surface area contributed by atoms with Gasteiger partial charge in [0.1, 0.15) is 11.5 Å².